The van der Waals surface area contributed by atoms with Crippen LogP contribution in [0.15, 0.2) is 55.1 Å². The first-order valence-electron chi connectivity index (χ1n) is 10.4. The lowest BCUT2D eigenvalue weighted by molar-refractivity contribution is -0.137. The number of rotatable bonds is 11. The molecular weight excluding hydrogens is 412 g/mol. The van der Waals surface area contributed by atoms with E-state index >= 15 is 0 Å². The van der Waals surface area contributed by atoms with Crippen LogP contribution in [-0.4, -0.2) is 31.3 Å². The van der Waals surface area contributed by atoms with Crippen LogP contribution in [-0.2, 0) is 14.3 Å². The van der Waals surface area contributed by atoms with Crippen molar-refractivity contribution in [3.05, 3.63) is 71.8 Å². The molecule has 32 heavy (non-hydrogen) atoms. The van der Waals surface area contributed by atoms with Gasteiger partial charge in [-0.2, -0.15) is 0 Å². The van der Waals surface area contributed by atoms with Crippen LogP contribution in [0.3, 0.4) is 0 Å². The number of aryl methyl sites for hydroxylation is 2. The molecule has 7 heteroatoms. The first-order valence-corrected chi connectivity index (χ1v) is 10.4. The molecule has 0 spiro atoms. The molecule has 0 saturated carbocycles. The van der Waals surface area contributed by atoms with E-state index in [0.717, 1.165) is 36.5 Å². The van der Waals surface area contributed by atoms with Crippen LogP contribution < -0.4 is 9.47 Å². The number of carbonyl (C=O) groups is 3. The van der Waals surface area contributed by atoms with E-state index < -0.39 is 18.1 Å². The van der Waals surface area contributed by atoms with E-state index in [1.165, 1.54) is 24.3 Å². The minimum Gasteiger partial charge on any atom is -0.463 e. The Morgan fingerprint density at radius 3 is 2.03 bits per heavy atom. The molecule has 2 rings (SSSR count). The summed E-state index contributed by atoms with van der Waals surface area (Å²) in [6.07, 6.45) is 3.41. The highest BCUT2D eigenvalue weighted by atomic mass is 16.7. The van der Waals surface area contributed by atoms with Crippen molar-refractivity contribution in [1.82, 2.24) is 0 Å². The Hall–Kier alpha value is -3.61. The molecule has 7 nitrogen and oxygen atoms in total. The Balaban J connectivity index is 1.66. The van der Waals surface area contributed by atoms with E-state index in [-0.39, 0.29) is 12.4 Å². The van der Waals surface area contributed by atoms with E-state index in [4.69, 9.17) is 18.9 Å². The summed E-state index contributed by atoms with van der Waals surface area (Å²) in [5.41, 5.74) is 2.49. The Bertz CT molecular complexity index is 932. The van der Waals surface area contributed by atoms with Crippen molar-refractivity contribution in [2.75, 3.05) is 13.2 Å². The lowest BCUT2D eigenvalue weighted by atomic mass is 10.1. The van der Waals surface area contributed by atoms with Gasteiger partial charge < -0.3 is 18.9 Å². The molecule has 0 unspecified atom stereocenters. The highest BCUT2D eigenvalue weighted by molar-refractivity contribution is 5.91. The SMILES string of the molecule is C=CC(=O)OCCCCCCOC(=O)Oc1ccc(C(=O)Oc2ccc(C)c(C)c2)cc1. The molecule has 0 bridgehead atoms. The molecule has 0 aromatic heterocycles. The van der Waals surface area contributed by atoms with E-state index in [0.29, 0.717) is 24.3 Å². The van der Waals surface area contributed by atoms with Gasteiger partial charge in [-0.05, 0) is 87.1 Å². The van der Waals surface area contributed by atoms with Crippen LogP contribution in [0.1, 0.15) is 47.2 Å². The Labute approximate surface area is 187 Å². The molecule has 0 aliphatic rings. The number of esters is 2. The summed E-state index contributed by atoms with van der Waals surface area (Å²) in [5.74, 6) is -0.189. The first kappa shape index (κ1) is 24.7. The zero-order valence-corrected chi connectivity index (χ0v) is 18.4. The third kappa shape index (κ3) is 8.63. The predicted molar refractivity (Wildman–Crippen MR) is 119 cm³/mol. The van der Waals surface area contributed by atoms with Crippen LogP contribution in [0, 0.1) is 13.8 Å². The molecule has 0 heterocycles. The van der Waals surface area contributed by atoms with Crippen molar-refractivity contribution in [2.24, 2.45) is 0 Å². The van der Waals surface area contributed by atoms with E-state index in [2.05, 4.69) is 6.58 Å². The van der Waals surface area contributed by atoms with Gasteiger partial charge in [-0.15, -0.1) is 0 Å². The highest BCUT2D eigenvalue weighted by Crippen LogP contribution is 2.19. The monoisotopic (exact) mass is 440 g/mol. The number of unbranched alkanes of at least 4 members (excludes halogenated alkanes) is 3. The van der Waals surface area contributed by atoms with Gasteiger partial charge in [0.15, 0.2) is 0 Å². The molecule has 0 N–H and O–H groups in total. The quantitative estimate of drug-likeness (QED) is 0.153. The van der Waals surface area contributed by atoms with Gasteiger partial charge in [-0.1, -0.05) is 12.6 Å². The summed E-state index contributed by atoms with van der Waals surface area (Å²) in [6, 6.07) is 11.5. The van der Waals surface area contributed by atoms with Crippen molar-refractivity contribution >= 4 is 18.1 Å². The summed E-state index contributed by atoms with van der Waals surface area (Å²) >= 11 is 0. The highest BCUT2D eigenvalue weighted by Gasteiger charge is 2.11. The van der Waals surface area contributed by atoms with Crippen molar-refractivity contribution in [3.8, 4) is 11.5 Å². The second kappa shape index (κ2) is 12.9. The molecule has 0 atom stereocenters. The predicted octanol–water partition coefficient (Wildman–Crippen LogP) is 5.33. The van der Waals surface area contributed by atoms with Gasteiger partial charge in [0, 0.05) is 6.08 Å². The fourth-order valence-electron chi connectivity index (χ4n) is 2.67. The van der Waals surface area contributed by atoms with Gasteiger partial charge in [0.25, 0.3) is 0 Å². The lowest BCUT2D eigenvalue weighted by Crippen LogP contribution is -2.12. The third-order valence-electron chi connectivity index (χ3n) is 4.65. The molecule has 0 radical (unpaired) electrons. The normalized spacial score (nSPS) is 10.2. The summed E-state index contributed by atoms with van der Waals surface area (Å²) in [5, 5.41) is 0. The fraction of sp³-hybridized carbons (Fsp3) is 0.320. The standard InChI is InChI=1S/C25H28O7/c1-4-23(26)29-15-7-5-6-8-16-30-25(28)32-21-13-10-20(11-14-21)24(27)31-22-12-9-18(2)19(3)17-22/h4,9-14,17H,1,5-8,15-16H2,2-3H3. The Morgan fingerprint density at radius 1 is 0.781 bits per heavy atom. The molecule has 0 aliphatic heterocycles. The molecular formula is C25H28O7. The molecule has 2 aromatic carbocycles. The number of carbonyl (C=O) groups excluding carboxylic acids is 3. The van der Waals surface area contributed by atoms with Crippen LogP contribution in [0.5, 0.6) is 11.5 Å². The van der Waals surface area contributed by atoms with Gasteiger partial charge >= 0.3 is 18.1 Å². The molecule has 170 valence electrons. The lowest BCUT2D eigenvalue weighted by Gasteiger charge is -2.08. The second-order valence-corrected chi connectivity index (χ2v) is 7.15. The minimum atomic E-state index is -0.810. The molecule has 0 saturated heterocycles. The van der Waals surface area contributed by atoms with Crippen LogP contribution in [0.2, 0.25) is 0 Å². The van der Waals surface area contributed by atoms with E-state index in [1.54, 1.807) is 12.1 Å². The maximum absolute atomic E-state index is 12.3. The van der Waals surface area contributed by atoms with Crippen LogP contribution in [0.25, 0.3) is 0 Å². The number of hydrogen-bond donors (Lipinski definition) is 0. The van der Waals surface area contributed by atoms with Crippen molar-refractivity contribution in [1.29, 1.82) is 0 Å². The van der Waals surface area contributed by atoms with Crippen LogP contribution in [0.4, 0.5) is 4.79 Å². The van der Waals surface area contributed by atoms with Gasteiger partial charge in [-0.25, -0.2) is 14.4 Å². The minimum absolute atomic E-state index is 0.228. The van der Waals surface area contributed by atoms with Crippen molar-refractivity contribution in [3.63, 3.8) is 0 Å². The smallest absolute Gasteiger partial charge is 0.463 e. The molecule has 0 fully saturated rings. The largest absolute Gasteiger partial charge is 0.513 e. The third-order valence-corrected chi connectivity index (χ3v) is 4.65. The Morgan fingerprint density at radius 2 is 1.41 bits per heavy atom. The van der Waals surface area contributed by atoms with E-state index in [1.807, 2.05) is 19.9 Å². The average Bonchev–Trinajstić information content (AvgIpc) is 2.78. The summed E-state index contributed by atoms with van der Waals surface area (Å²) in [4.78, 5) is 34.9. The fourth-order valence-corrected chi connectivity index (χ4v) is 2.67. The second-order valence-electron chi connectivity index (χ2n) is 7.15. The number of hydrogen-bond acceptors (Lipinski definition) is 7. The van der Waals surface area contributed by atoms with Gasteiger partial charge in [-0.3, -0.25) is 0 Å². The van der Waals surface area contributed by atoms with Crippen LogP contribution >= 0.6 is 0 Å². The van der Waals surface area contributed by atoms with E-state index in [9.17, 15) is 14.4 Å². The zero-order valence-electron chi connectivity index (χ0n) is 18.4. The first-order chi connectivity index (χ1) is 15.4. The van der Waals surface area contributed by atoms with Gasteiger partial charge in [0.05, 0.1) is 18.8 Å². The molecule has 2 aromatic rings. The molecule has 0 amide bonds. The number of benzene rings is 2. The summed E-state index contributed by atoms with van der Waals surface area (Å²) in [6.45, 7) is 7.83. The van der Waals surface area contributed by atoms with Gasteiger partial charge in [0.2, 0.25) is 0 Å². The summed E-state index contributed by atoms with van der Waals surface area (Å²) in [7, 11) is 0. The van der Waals surface area contributed by atoms with Crippen molar-refractivity contribution in [2.45, 2.75) is 39.5 Å². The van der Waals surface area contributed by atoms with Gasteiger partial charge in [0.1, 0.15) is 11.5 Å². The van der Waals surface area contributed by atoms with Crippen molar-refractivity contribution < 1.29 is 33.3 Å². The maximum Gasteiger partial charge on any atom is 0.513 e. The zero-order chi connectivity index (χ0) is 23.3. The Kier molecular flexibility index (Phi) is 9.97. The maximum atomic E-state index is 12.3. The molecule has 0 aliphatic carbocycles. The average molecular weight is 440 g/mol. The summed E-state index contributed by atoms with van der Waals surface area (Å²) < 4.78 is 20.4. The topological polar surface area (TPSA) is 88.1 Å². The number of ether oxygens (including phenoxy) is 4.